The Morgan fingerprint density at radius 1 is 1.19 bits per heavy atom. The van der Waals surface area contributed by atoms with Crippen LogP contribution >= 0.6 is 12.2 Å². The van der Waals surface area contributed by atoms with Crippen molar-refractivity contribution in [1.82, 2.24) is 14.9 Å². The van der Waals surface area contributed by atoms with E-state index >= 15 is 0 Å². The van der Waals surface area contributed by atoms with E-state index in [4.69, 9.17) is 21.9 Å². The van der Waals surface area contributed by atoms with Crippen molar-refractivity contribution in [2.75, 3.05) is 17.3 Å². The summed E-state index contributed by atoms with van der Waals surface area (Å²) in [6.45, 7) is 6.28. The number of benzene rings is 1. The Morgan fingerprint density at radius 3 is 2.65 bits per heavy atom. The number of nitrogens with zero attached hydrogens (tertiary/aromatic N) is 3. The Hall–Kier alpha value is -3.39. The van der Waals surface area contributed by atoms with Gasteiger partial charge in [-0.05, 0) is 74.8 Å². The third kappa shape index (κ3) is 4.70. The van der Waals surface area contributed by atoms with E-state index in [2.05, 4.69) is 46.1 Å². The highest BCUT2D eigenvalue weighted by Crippen LogP contribution is 2.46. The van der Waals surface area contributed by atoms with Gasteiger partial charge in [0.1, 0.15) is 5.75 Å². The number of anilines is 2. The fraction of sp³-hybridized carbons (Fsp3) is 0.414. The van der Waals surface area contributed by atoms with Crippen molar-refractivity contribution in [2.45, 2.75) is 71.0 Å². The molecule has 2 fully saturated rings. The second-order valence-electron chi connectivity index (χ2n) is 9.92. The molecule has 194 valence electrons. The summed E-state index contributed by atoms with van der Waals surface area (Å²) >= 11 is 5.94. The standard InChI is InChI=1S/C29H35N5O2S/c1-5-26(35)31-23-14-13-21(17-25(23)36-4)34-28(27(32-29(34)37)24-12-8-9-15-30-24)22-16-18(2)33(19(22)3)20-10-6-7-11-20/h8-9,12-17,20,27-28H,5-7,10-11H2,1-4H3,(H,31,35)(H,32,37)/t27-,28-/m0/s1. The maximum absolute atomic E-state index is 12.0. The molecule has 3 heterocycles. The van der Waals surface area contributed by atoms with Crippen LogP contribution in [0.15, 0.2) is 48.7 Å². The van der Waals surface area contributed by atoms with Gasteiger partial charge in [0.2, 0.25) is 5.91 Å². The van der Waals surface area contributed by atoms with Gasteiger partial charge in [-0.3, -0.25) is 9.78 Å². The van der Waals surface area contributed by atoms with Crippen LogP contribution in [0.25, 0.3) is 0 Å². The first-order valence-electron chi connectivity index (χ1n) is 13.1. The molecule has 2 N–H and O–H groups in total. The van der Waals surface area contributed by atoms with Crippen LogP contribution in [0.4, 0.5) is 11.4 Å². The number of amides is 1. The minimum absolute atomic E-state index is 0.0585. The largest absolute Gasteiger partial charge is 0.494 e. The molecule has 5 rings (SSSR count). The summed E-state index contributed by atoms with van der Waals surface area (Å²) in [5, 5.41) is 7.12. The summed E-state index contributed by atoms with van der Waals surface area (Å²) < 4.78 is 8.20. The molecule has 1 amide bonds. The topological polar surface area (TPSA) is 71.4 Å². The smallest absolute Gasteiger partial charge is 0.224 e. The number of methoxy groups -OCH3 is 1. The maximum atomic E-state index is 12.0. The number of aryl methyl sites for hydroxylation is 1. The zero-order chi connectivity index (χ0) is 26.1. The molecule has 8 heteroatoms. The second kappa shape index (κ2) is 10.5. The number of nitrogens with one attached hydrogen (secondary N) is 2. The summed E-state index contributed by atoms with van der Waals surface area (Å²) in [5.41, 5.74) is 6.31. The van der Waals surface area contributed by atoms with Crippen molar-refractivity contribution < 1.29 is 9.53 Å². The van der Waals surface area contributed by atoms with Crippen LogP contribution in [0.3, 0.4) is 0 Å². The Kier molecular flexibility index (Phi) is 7.20. The Morgan fingerprint density at radius 2 is 1.97 bits per heavy atom. The van der Waals surface area contributed by atoms with Crippen LogP contribution < -0.4 is 20.3 Å². The fourth-order valence-corrected chi connectivity index (χ4v) is 6.29. The maximum Gasteiger partial charge on any atom is 0.224 e. The molecule has 1 saturated heterocycles. The van der Waals surface area contributed by atoms with Gasteiger partial charge in [-0.1, -0.05) is 25.8 Å². The SMILES string of the molecule is CCC(=O)Nc1ccc(N2C(=S)N[C@@H](c3ccccn3)[C@@H]2c2cc(C)n(C3CCCC3)c2C)cc1OC. The van der Waals surface area contributed by atoms with Gasteiger partial charge in [0.05, 0.1) is 30.6 Å². The van der Waals surface area contributed by atoms with E-state index in [-0.39, 0.29) is 18.0 Å². The van der Waals surface area contributed by atoms with Gasteiger partial charge >= 0.3 is 0 Å². The lowest BCUT2D eigenvalue weighted by Crippen LogP contribution is -2.29. The third-order valence-corrected chi connectivity index (χ3v) is 8.00. The molecule has 1 aliphatic heterocycles. The lowest BCUT2D eigenvalue weighted by atomic mass is 9.96. The first-order chi connectivity index (χ1) is 17.9. The number of rotatable bonds is 7. The average molecular weight is 518 g/mol. The van der Waals surface area contributed by atoms with Gasteiger partial charge in [-0.25, -0.2) is 0 Å². The molecule has 2 atom stereocenters. The molecule has 1 aliphatic carbocycles. The van der Waals surface area contributed by atoms with Crippen LogP contribution in [-0.4, -0.2) is 27.7 Å². The summed E-state index contributed by atoms with van der Waals surface area (Å²) in [4.78, 5) is 18.9. The number of hydrogen-bond donors (Lipinski definition) is 2. The Bertz CT molecular complexity index is 1300. The lowest BCUT2D eigenvalue weighted by Gasteiger charge is -2.29. The Labute approximate surface area is 224 Å². The normalized spacial score (nSPS) is 19.8. The van der Waals surface area contributed by atoms with Crippen LogP contribution in [-0.2, 0) is 4.79 Å². The van der Waals surface area contributed by atoms with Gasteiger partial charge in [0.25, 0.3) is 0 Å². The van der Waals surface area contributed by atoms with E-state index in [0.29, 0.717) is 29.0 Å². The highest BCUT2D eigenvalue weighted by atomic mass is 32.1. The van der Waals surface area contributed by atoms with E-state index in [1.165, 1.54) is 42.6 Å². The number of carbonyl (C=O) groups is 1. The molecule has 37 heavy (non-hydrogen) atoms. The molecule has 2 aliphatic rings. The van der Waals surface area contributed by atoms with E-state index in [1.807, 2.05) is 43.5 Å². The number of thiocarbonyl (C=S) groups is 1. The molecule has 0 spiro atoms. The molecule has 0 unspecified atom stereocenters. The van der Waals surface area contributed by atoms with Crippen molar-refractivity contribution in [2.24, 2.45) is 0 Å². The minimum Gasteiger partial charge on any atom is -0.494 e. The monoisotopic (exact) mass is 517 g/mol. The average Bonchev–Trinajstić information content (AvgIpc) is 3.62. The molecule has 0 bridgehead atoms. The summed E-state index contributed by atoms with van der Waals surface area (Å²) in [6, 6.07) is 14.5. The van der Waals surface area contributed by atoms with Crippen LogP contribution in [0.5, 0.6) is 5.75 Å². The minimum atomic E-state index is -0.114. The van der Waals surface area contributed by atoms with Gasteiger partial charge in [-0.2, -0.15) is 0 Å². The lowest BCUT2D eigenvalue weighted by molar-refractivity contribution is -0.115. The highest BCUT2D eigenvalue weighted by molar-refractivity contribution is 7.80. The van der Waals surface area contributed by atoms with Crippen molar-refractivity contribution >= 4 is 34.6 Å². The zero-order valence-corrected chi connectivity index (χ0v) is 22.8. The number of hydrogen-bond acceptors (Lipinski definition) is 4. The number of pyridine rings is 1. The molecule has 1 aromatic carbocycles. The van der Waals surface area contributed by atoms with Gasteiger partial charge in [0.15, 0.2) is 5.11 Å². The van der Waals surface area contributed by atoms with Crippen LogP contribution in [0.1, 0.15) is 79.8 Å². The molecule has 0 radical (unpaired) electrons. The molecule has 2 aromatic heterocycles. The summed E-state index contributed by atoms with van der Waals surface area (Å²) in [5.74, 6) is 0.537. The summed E-state index contributed by atoms with van der Waals surface area (Å²) in [6.07, 6.45) is 7.26. The van der Waals surface area contributed by atoms with Crippen LogP contribution in [0, 0.1) is 13.8 Å². The number of ether oxygens (including phenoxy) is 1. The number of aromatic nitrogens is 2. The predicted octanol–water partition coefficient (Wildman–Crippen LogP) is 6.15. The van der Waals surface area contributed by atoms with Gasteiger partial charge in [-0.15, -0.1) is 0 Å². The Balaban J connectivity index is 1.61. The first-order valence-corrected chi connectivity index (χ1v) is 13.5. The van der Waals surface area contributed by atoms with E-state index in [0.717, 1.165) is 11.4 Å². The molecule has 3 aromatic rings. The molecular formula is C29H35N5O2S. The van der Waals surface area contributed by atoms with E-state index < -0.39 is 0 Å². The van der Waals surface area contributed by atoms with Crippen molar-refractivity contribution in [3.63, 3.8) is 0 Å². The van der Waals surface area contributed by atoms with Crippen molar-refractivity contribution in [3.8, 4) is 5.75 Å². The van der Waals surface area contributed by atoms with Gasteiger partial charge < -0.3 is 24.8 Å². The molecule has 7 nitrogen and oxygen atoms in total. The fourth-order valence-electron chi connectivity index (χ4n) is 5.95. The molecule has 1 saturated carbocycles. The highest BCUT2D eigenvalue weighted by Gasteiger charge is 2.42. The van der Waals surface area contributed by atoms with E-state index in [1.54, 1.807) is 7.11 Å². The zero-order valence-electron chi connectivity index (χ0n) is 22.0. The van der Waals surface area contributed by atoms with Crippen LogP contribution in [0.2, 0.25) is 0 Å². The van der Waals surface area contributed by atoms with Crippen molar-refractivity contribution in [1.29, 1.82) is 0 Å². The van der Waals surface area contributed by atoms with Gasteiger partial charge in [0, 0.05) is 41.8 Å². The van der Waals surface area contributed by atoms with E-state index in [9.17, 15) is 4.79 Å². The second-order valence-corrected chi connectivity index (χ2v) is 10.3. The third-order valence-electron chi connectivity index (χ3n) is 7.69. The quantitative estimate of drug-likeness (QED) is 0.366. The number of carbonyl (C=O) groups excluding carboxylic acids is 1. The summed E-state index contributed by atoms with van der Waals surface area (Å²) in [7, 11) is 1.62. The van der Waals surface area contributed by atoms with Crippen molar-refractivity contribution in [3.05, 3.63) is 71.3 Å². The molecular weight excluding hydrogens is 482 g/mol. The first kappa shape index (κ1) is 25.3. The predicted molar refractivity (Wildman–Crippen MR) is 151 cm³/mol.